The molecule has 3 rings (SSSR count). The second kappa shape index (κ2) is 6.12. The number of anilines is 1. The Hall–Kier alpha value is -1.45. The molecule has 0 amide bonds. The topological polar surface area (TPSA) is 38.5 Å². The second-order valence-electron chi connectivity index (χ2n) is 5.61. The zero-order valence-electron chi connectivity index (χ0n) is 12.3. The van der Waals surface area contributed by atoms with Crippen LogP contribution >= 0.6 is 11.6 Å². The van der Waals surface area contributed by atoms with E-state index in [4.69, 9.17) is 22.1 Å². The van der Waals surface area contributed by atoms with Crippen LogP contribution in [0.2, 0.25) is 0 Å². The van der Waals surface area contributed by atoms with Crippen LogP contribution in [-0.4, -0.2) is 20.2 Å². The van der Waals surface area contributed by atoms with E-state index < -0.39 is 0 Å². The van der Waals surface area contributed by atoms with Gasteiger partial charge in [-0.2, -0.15) is 0 Å². The summed E-state index contributed by atoms with van der Waals surface area (Å²) >= 11 is 6.15. The first-order valence-electron chi connectivity index (χ1n) is 7.46. The van der Waals surface area contributed by atoms with Gasteiger partial charge in [-0.1, -0.05) is 23.7 Å². The molecule has 0 saturated heterocycles. The number of nitrogens with two attached hydrogens (primary N) is 1. The Balaban J connectivity index is 1.88. The molecule has 112 valence electrons. The number of benzene rings is 1. The second-order valence-corrected chi connectivity index (χ2v) is 6.10. The lowest BCUT2D eigenvalue weighted by Crippen LogP contribution is -2.22. The van der Waals surface area contributed by atoms with E-state index in [1.807, 2.05) is 6.08 Å². The molecule has 21 heavy (non-hydrogen) atoms. The van der Waals surface area contributed by atoms with Gasteiger partial charge < -0.3 is 15.4 Å². The number of hydrogen-bond donors (Lipinski definition) is 1. The Labute approximate surface area is 131 Å². The quantitative estimate of drug-likeness (QED) is 0.924. The lowest BCUT2D eigenvalue weighted by molar-refractivity contribution is 0.269. The van der Waals surface area contributed by atoms with Crippen molar-refractivity contribution < 1.29 is 4.74 Å². The van der Waals surface area contributed by atoms with Crippen LogP contribution in [0.1, 0.15) is 30.7 Å². The van der Waals surface area contributed by atoms with Crippen molar-refractivity contribution in [1.82, 2.24) is 0 Å². The first-order valence-corrected chi connectivity index (χ1v) is 7.83. The number of ether oxygens (including phenoxy) is 1. The molecule has 3 nitrogen and oxygen atoms in total. The number of allylic oxidation sites excluding steroid dienone is 3. The standard InChI is InChI=1S/C17H21ClN2O/c1-20(14-4-2-3-13(18)9-14)15-5-6-16-12(11-19)7-8-21-17(16)10-15/h4-6,9-10,12H,2-3,7-8,11,19H2,1H3/t12-/m0/s1. The SMILES string of the molecule is CN(C1=CCCC(Cl)=C1)c1ccc2c(c1)OCC[C@H]2CN. The van der Waals surface area contributed by atoms with E-state index in [9.17, 15) is 0 Å². The average Bonchev–Trinajstić information content (AvgIpc) is 2.53. The summed E-state index contributed by atoms with van der Waals surface area (Å²) in [7, 11) is 2.06. The third-order valence-electron chi connectivity index (χ3n) is 4.26. The molecule has 0 bridgehead atoms. The van der Waals surface area contributed by atoms with Crippen molar-refractivity contribution in [2.24, 2.45) is 5.73 Å². The summed E-state index contributed by atoms with van der Waals surface area (Å²) in [5, 5.41) is 0.914. The number of halogens is 1. The van der Waals surface area contributed by atoms with E-state index in [2.05, 4.69) is 36.2 Å². The first-order chi connectivity index (χ1) is 10.2. The summed E-state index contributed by atoms with van der Waals surface area (Å²) in [4.78, 5) is 2.15. The van der Waals surface area contributed by atoms with Gasteiger partial charge in [0.25, 0.3) is 0 Å². The van der Waals surface area contributed by atoms with E-state index in [0.717, 1.165) is 48.0 Å². The number of rotatable bonds is 3. The normalized spacial score (nSPS) is 21.0. The van der Waals surface area contributed by atoms with Crippen molar-refractivity contribution >= 4 is 17.3 Å². The molecule has 0 spiro atoms. The van der Waals surface area contributed by atoms with E-state index in [1.165, 1.54) is 5.56 Å². The molecule has 0 unspecified atom stereocenters. The van der Waals surface area contributed by atoms with Crippen LogP contribution < -0.4 is 15.4 Å². The van der Waals surface area contributed by atoms with E-state index in [1.54, 1.807) is 0 Å². The predicted molar refractivity (Wildman–Crippen MR) is 88.0 cm³/mol. The summed E-state index contributed by atoms with van der Waals surface area (Å²) < 4.78 is 5.81. The number of nitrogens with zero attached hydrogens (tertiary/aromatic N) is 1. The maximum absolute atomic E-state index is 6.15. The monoisotopic (exact) mass is 304 g/mol. The lowest BCUT2D eigenvalue weighted by Gasteiger charge is -2.28. The van der Waals surface area contributed by atoms with Crippen molar-refractivity contribution in [1.29, 1.82) is 0 Å². The maximum atomic E-state index is 6.15. The zero-order valence-corrected chi connectivity index (χ0v) is 13.1. The fourth-order valence-corrected chi connectivity index (χ4v) is 3.16. The minimum atomic E-state index is 0.413. The number of hydrogen-bond acceptors (Lipinski definition) is 3. The van der Waals surface area contributed by atoms with Gasteiger partial charge in [0.15, 0.2) is 0 Å². The fraction of sp³-hybridized carbons (Fsp3) is 0.412. The Kier molecular flexibility index (Phi) is 4.22. The number of fused-ring (bicyclic) bond motifs is 1. The van der Waals surface area contributed by atoms with Crippen LogP contribution in [0.3, 0.4) is 0 Å². The summed E-state index contributed by atoms with van der Waals surface area (Å²) in [6.07, 6.45) is 7.18. The largest absolute Gasteiger partial charge is 0.493 e. The van der Waals surface area contributed by atoms with Crippen LogP contribution in [-0.2, 0) is 0 Å². The van der Waals surface area contributed by atoms with Crippen LogP contribution in [0.25, 0.3) is 0 Å². The molecule has 1 aliphatic carbocycles. The van der Waals surface area contributed by atoms with Gasteiger partial charge in [-0.25, -0.2) is 0 Å². The van der Waals surface area contributed by atoms with Crippen molar-refractivity contribution in [3.05, 3.63) is 46.6 Å². The van der Waals surface area contributed by atoms with Crippen LogP contribution in [0.5, 0.6) is 5.75 Å². The molecule has 1 aromatic rings. The molecule has 0 aromatic heterocycles. The van der Waals surface area contributed by atoms with Gasteiger partial charge in [-0.3, -0.25) is 0 Å². The summed E-state index contributed by atoms with van der Waals surface area (Å²) in [5.41, 5.74) is 9.33. The molecule has 0 radical (unpaired) electrons. The van der Waals surface area contributed by atoms with Gasteiger partial charge in [0.1, 0.15) is 5.75 Å². The van der Waals surface area contributed by atoms with Gasteiger partial charge in [0.05, 0.1) is 6.61 Å². The van der Waals surface area contributed by atoms with Gasteiger partial charge in [0.2, 0.25) is 0 Å². The Morgan fingerprint density at radius 2 is 2.29 bits per heavy atom. The molecule has 1 aliphatic heterocycles. The summed E-state index contributed by atoms with van der Waals surface area (Å²) in [6, 6.07) is 6.38. The first kappa shape index (κ1) is 14.5. The molecular formula is C17H21ClN2O. The highest BCUT2D eigenvalue weighted by atomic mass is 35.5. The summed E-state index contributed by atoms with van der Waals surface area (Å²) in [5.74, 6) is 1.38. The summed E-state index contributed by atoms with van der Waals surface area (Å²) in [6.45, 7) is 1.42. The molecule has 1 atom stereocenters. The smallest absolute Gasteiger partial charge is 0.124 e. The Morgan fingerprint density at radius 1 is 1.43 bits per heavy atom. The van der Waals surface area contributed by atoms with Crippen LogP contribution in [0.4, 0.5) is 5.69 Å². The molecule has 2 aliphatic rings. The Morgan fingerprint density at radius 3 is 3.05 bits per heavy atom. The molecular weight excluding hydrogens is 284 g/mol. The van der Waals surface area contributed by atoms with Gasteiger partial charge >= 0.3 is 0 Å². The molecule has 4 heteroatoms. The van der Waals surface area contributed by atoms with E-state index >= 15 is 0 Å². The average molecular weight is 305 g/mol. The van der Waals surface area contributed by atoms with Gasteiger partial charge in [-0.15, -0.1) is 0 Å². The molecule has 0 fully saturated rings. The van der Waals surface area contributed by atoms with Crippen molar-refractivity contribution in [2.45, 2.75) is 25.2 Å². The van der Waals surface area contributed by atoms with Gasteiger partial charge in [0, 0.05) is 35.4 Å². The third-order valence-corrected chi connectivity index (χ3v) is 4.56. The fourth-order valence-electron chi connectivity index (χ4n) is 2.94. The van der Waals surface area contributed by atoms with Crippen LogP contribution in [0, 0.1) is 0 Å². The van der Waals surface area contributed by atoms with Crippen LogP contribution in [0.15, 0.2) is 41.1 Å². The minimum Gasteiger partial charge on any atom is -0.493 e. The van der Waals surface area contributed by atoms with Crippen molar-refractivity contribution in [2.75, 3.05) is 25.1 Å². The third kappa shape index (κ3) is 2.94. The predicted octanol–water partition coefficient (Wildman–Crippen LogP) is 3.75. The molecule has 0 saturated carbocycles. The zero-order chi connectivity index (χ0) is 14.8. The molecule has 1 aromatic carbocycles. The van der Waals surface area contributed by atoms with E-state index in [-0.39, 0.29) is 0 Å². The lowest BCUT2D eigenvalue weighted by atomic mass is 9.93. The number of likely N-dealkylation sites (N-methyl/N-ethyl adjacent to an activating group) is 1. The van der Waals surface area contributed by atoms with Crippen molar-refractivity contribution in [3.63, 3.8) is 0 Å². The highest BCUT2D eigenvalue weighted by Crippen LogP contribution is 2.37. The minimum absolute atomic E-state index is 0.413. The maximum Gasteiger partial charge on any atom is 0.124 e. The molecule has 1 heterocycles. The highest BCUT2D eigenvalue weighted by Gasteiger charge is 2.21. The highest BCUT2D eigenvalue weighted by molar-refractivity contribution is 6.29. The van der Waals surface area contributed by atoms with Crippen molar-refractivity contribution in [3.8, 4) is 5.75 Å². The van der Waals surface area contributed by atoms with E-state index in [0.29, 0.717) is 12.5 Å². The van der Waals surface area contributed by atoms with Gasteiger partial charge in [-0.05, 0) is 43.5 Å². The molecule has 2 N–H and O–H groups in total. The Bertz CT molecular complexity index is 594.